The van der Waals surface area contributed by atoms with Crippen LogP contribution in [0.15, 0.2) is 0 Å². The van der Waals surface area contributed by atoms with Crippen molar-refractivity contribution < 1.29 is 4.79 Å². The van der Waals surface area contributed by atoms with Crippen molar-refractivity contribution in [2.75, 3.05) is 13.6 Å². The van der Waals surface area contributed by atoms with Gasteiger partial charge in [0.2, 0.25) is 5.91 Å². The van der Waals surface area contributed by atoms with Crippen molar-refractivity contribution in [3.8, 4) is 0 Å². The molecule has 4 heteroatoms. The number of amides is 1. The number of carbonyl (C=O) groups excluding carboxylic acids is 1. The third-order valence-electron chi connectivity index (χ3n) is 3.13. The van der Waals surface area contributed by atoms with Gasteiger partial charge < -0.3 is 10.2 Å². The molecule has 0 unspecified atom stereocenters. The van der Waals surface area contributed by atoms with Crippen LogP contribution in [0.3, 0.4) is 0 Å². The van der Waals surface area contributed by atoms with Gasteiger partial charge in [0.1, 0.15) is 0 Å². The van der Waals surface area contributed by atoms with Crippen molar-refractivity contribution in [3.05, 3.63) is 0 Å². The summed E-state index contributed by atoms with van der Waals surface area (Å²) in [4.78, 5) is 14.1. The van der Waals surface area contributed by atoms with Gasteiger partial charge in [0.15, 0.2) is 0 Å². The number of rotatable bonds is 6. The first kappa shape index (κ1) is 15.7. The highest BCUT2D eigenvalue weighted by atomic mass is 35.5. The molecule has 0 saturated heterocycles. The highest BCUT2D eigenvalue weighted by Crippen LogP contribution is 2.27. The minimum Gasteiger partial charge on any atom is -0.337 e. The monoisotopic (exact) mass is 248 g/mol. The van der Waals surface area contributed by atoms with Gasteiger partial charge in [-0.3, -0.25) is 4.79 Å². The Bertz CT molecular complexity index is 205. The Balaban J connectivity index is 0.00000225. The van der Waals surface area contributed by atoms with E-state index in [1.54, 1.807) is 0 Å². The summed E-state index contributed by atoms with van der Waals surface area (Å²) in [6.45, 7) is 5.17. The highest BCUT2D eigenvalue weighted by Gasteiger charge is 2.29. The normalized spacial score (nSPS) is 15.5. The predicted molar refractivity (Wildman–Crippen MR) is 70.0 cm³/mol. The summed E-state index contributed by atoms with van der Waals surface area (Å²) in [7, 11) is 1.93. The van der Waals surface area contributed by atoms with Crippen LogP contribution in [0.2, 0.25) is 0 Å². The van der Waals surface area contributed by atoms with E-state index in [0.29, 0.717) is 24.4 Å². The Hall–Kier alpha value is -0.280. The van der Waals surface area contributed by atoms with Crippen molar-refractivity contribution in [2.24, 2.45) is 0 Å². The summed E-state index contributed by atoms with van der Waals surface area (Å²) in [6.07, 6.45) is 5.34. The SMILES string of the molecule is CNCCCC(=O)N(C(C)C)C1CCC1.Cl. The lowest BCUT2D eigenvalue weighted by Gasteiger charge is -2.40. The van der Waals surface area contributed by atoms with E-state index in [4.69, 9.17) is 0 Å². The zero-order valence-electron chi connectivity index (χ0n) is 10.7. The van der Waals surface area contributed by atoms with Gasteiger partial charge in [0.05, 0.1) is 0 Å². The third-order valence-corrected chi connectivity index (χ3v) is 3.13. The largest absolute Gasteiger partial charge is 0.337 e. The van der Waals surface area contributed by atoms with Crippen LogP contribution >= 0.6 is 12.4 Å². The number of carbonyl (C=O) groups is 1. The number of hydrogen-bond donors (Lipinski definition) is 1. The Morgan fingerprint density at radius 2 is 2.06 bits per heavy atom. The molecule has 1 amide bonds. The molecule has 96 valence electrons. The van der Waals surface area contributed by atoms with Crippen LogP contribution in [0.4, 0.5) is 0 Å². The van der Waals surface area contributed by atoms with E-state index in [9.17, 15) is 4.79 Å². The number of nitrogens with one attached hydrogen (secondary N) is 1. The van der Waals surface area contributed by atoms with Crippen molar-refractivity contribution in [3.63, 3.8) is 0 Å². The molecule has 1 rings (SSSR count). The van der Waals surface area contributed by atoms with E-state index in [-0.39, 0.29) is 12.4 Å². The van der Waals surface area contributed by atoms with Gasteiger partial charge in [-0.25, -0.2) is 0 Å². The molecule has 0 aromatic rings. The summed E-state index contributed by atoms with van der Waals surface area (Å²) in [5, 5.41) is 3.08. The molecule has 3 nitrogen and oxygen atoms in total. The Morgan fingerprint density at radius 3 is 2.44 bits per heavy atom. The molecule has 16 heavy (non-hydrogen) atoms. The van der Waals surface area contributed by atoms with E-state index >= 15 is 0 Å². The summed E-state index contributed by atoms with van der Waals surface area (Å²) in [5.74, 6) is 0.338. The van der Waals surface area contributed by atoms with Crippen molar-refractivity contribution in [2.45, 2.75) is 58.0 Å². The quantitative estimate of drug-likeness (QED) is 0.731. The zero-order valence-corrected chi connectivity index (χ0v) is 11.5. The average molecular weight is 249 g/mol. The standard InChI is InChI=1S/C12H24N2O.ClH/c1-10(2)14(11-6-4-7-11)12(15)8-5-9-13-3;/h10-11,13H,4-9H2,1-3H3;1H. The maximum atomic E-state index is 12.0. The molecule has 1 saturated carbocycles. The molecule has 0 radical (unpaired) electrons. The first-order chi connectivity index (χ1) is 7.16. The fourth-order valence-electron chi connectivity index (χ4n) is 2.12. The number of halogens is 1. The van der Waals surface area contributed by atoms with Crippen LogP contribution in [-0.2, 0) is 4.79 Å². The van der Waals surface area contributed by atoms with E-state index in [2.05, 4.69) is 24.1 Å². The molecule has 0 bridgehead atoms. The first-order valence-electron chi connectivity index (χ1n) is 6.12. The highest BCUT2D eigenvalue weighted by molar-refractivity contribution is 5.85. The van der Waals surface area contributed by atoms with Gasteiger partial charge in [0, 0.05) is 18.5 Å². The first-order valence-corrected chi connectivity index (χ1v) is 6.12. The topological polar surface area (TPSA) is 32.3 Å². The lowest BCUT2D eigenvalue weighted by atomic mass is 9.90. The van der Waals surface area contributed by atoms with Crippen molar-refractivity contribution in [1.82, 2.24) is 10.2 Å². The van der Waals surface area contributed by atoms with E-state index < -0.39 is 0 Å². The molecule has 0 atom stereocenters. The van der Waals surface area contributed by atoms with Crippen LogP contribution < -0.4 is 5.32 Å². The fraction of sp³-hybridized carbons (Fsp3) is 0.917. The average Bonchev–Trinajstić information content (AvgIpc) is 2.10. The fourth-order valence-corrected chi connectivity index (χ4v) is 2.12. The van der Waals surface area contributed by atoms with Gasteiger partial charge in [-0.1, -0.05) is 0 Å². The maximum absolute atomic E-state index is 12.0. The maximum Gasteiger partial charge on any atom is 0.223 e. The molecule has 1 aliphatic rings. The Kier molecular flexibility index (Phi) is 7.77. The van der Waals surface area contributed by atoms with Crippen molar-refractivity contribution in [1.29, 1.82) is 0 Å². The lowest BCUT2D eigenvalue weighted by molar-refractivity contribution is -0.137. The van der Waals surface area contributed by atoms with Gasteiger partial charge in [-0.05, 0) is 53.1 Å². The van der Waals surface area contributed by atoms with E-state index in [1.165, 1.54) is 19.3 Å². The molecule has 0 spiro atoms. The summed E-state index contributed by atoms with van der Waals surface area (Å²) in [5.41, 5.74) is 0. The number of nitrogens with zero attached hydrogens (tertiary/aromatic N) is 1. The Labute approximate surface area is 105 Å². The van der Waals surface area contributed by atoms with E-state index in [0.717, 1.165) is 13.0 Å². The second-order valence-corrected chi connectivity index (χ2v) is 4.69. The summed E-state index contributed by atoms with van der Waals surface area (Å²) >= 11 is 0. The summed E-state index contributed by atoms with van der Waals surface area (Å²) < 4.78 is 0. The van der Waals surface area contributed by atoms with Crippen LogP contribution in [0.1, 0.15) is 46.0 Å². The zero-order chi connectivity index (χ0) is 11.3. The van der Waals surface area contributed by atoms with Gasteiger partial charge in [-0.2, -0.15) is 0 Å². The molecule has 0 heterocycles. The van der Waals surface area contributed by atoms with Crippen LogP contribution in [0, 0.1) is 0 Å². The lowest BCUT2D eigenvalue weighted by Crippen LogP contribution is -2.48. The van der Waals surface area contributed by atoms with Gasteiger partial charge in [-0.15, -0.1) is 12.4 Å². The molecule has 0 aromatic heterocycles. The van der Waals surface area contributed by atoms with E-state index in [1.807, 2.05) is 7.05 Å². The third kappa shape index (κ3) is 4.30. The summed E-state index contributed by atoms with van der Waals surface area (Å²) in [6, 6.07) is 0.893. The van der Waals surface area contributed by atoms with Crippen LogP contribution in [0.25, 0.3) is 0 Å². The molecule has 1 aliphatic carbocycles. The smallest absolute Gasteiger partial charge is 0.223 e. The van der Waals surface area contributed by atoms with Crippen LogP contribution in [-0.4, -0.2) is 36.5 Å². The van der Waals surface area contributed by atoms with Gasteiger partial charge in [0.25, 0.3) is 0 Å². The second-order valence-electron chi connectivity index (χ2n) is 4.69. The molecular formula is C12H25ClN2O. The molecular weight excluding hydrogens is 224 g/mol. The predicted octanol–water partition coefficient (Wildman–Crippen LogP) is 2.20. The molecule has 0 aliphatic heterocycles. The van der Waals surface area contributed by atoms with Gasteiger partial charge >= 0.3 is 0 Å². The number of hydrogen-bond acceptors (Lipinski definition) is 2. The molecule has 1 N–H and O–H groups in total. The molecule has 0 aromatic carbocycles. The Morgan fingerprint density at radius 1 is 1.44 bits per heavy atom. The minimum atomic E-state index is 0. The minimum absolute atomic E-state index is 0. The molecule has 1 fully saturated rings. The van der Waals surface area contributed by atoms with Crippen molar-refractivity contribution >= 4 is 18.3 Å². The second kappa shape index (κ2) is 7.91. The van der Waals surface area contributed by atoms with Crippen LogP contribution in [0.5, 0.6) is 0 Å².